The van der Waals surface area contributed by atoms with E-state index in [-0.39, 0.29) is 16.6 Å². The third kappa shape index (κ3) is 9.70. The molecule has 268 valence electrons. The number of rotatable bonds is 15. The zero-order chi connectivity index (χ0) is 36.5. The molecule has 0 aliphatic carbocycles. The number of ether oxygens (including phenoxy) is 2. The lowest BCUT2D eigenvalue weighted by Gasteiger charge is -2.39. The molecule has 0 bridgehead atoms. The lowest BCUT2D eigenvalue weighted by molar-refractivity contribution is 0.0460. The van der Waals surface area contributed by atoms with Gasteiger partial charge in [-0.25, -0.2) is 0 Å². The van der Waals surface area contributed by atoms with Crippen LogP contribution in [0.1, 0.15) is 114 Å². The molecule has 2 N–H and O–H groups in total. The Morgan fingerprint density at radius 2 is 1.24 bits per heavy atom. The largest absolute Gasteiger partial charge is 0.507 e. The monoisotopic (exact) mass is 697 g/mol. The molecule has 0 fully saturated rings. The SMILES string of the molecule is CCCCOc1ccc(C(C)(C)C)cc1C(O)(c1cc(C(C)(C)C)ccc1OCCCC)[C@@H](Cc1ccccc1)N=Cc1cc(Cl)ccc1O. The van der Waals surface area contributed by atoms with Crippen LogP contribution in [0.15, 0.2) is 89.9 Å². The van der Waals surface area contributed by atoms with E-state index in [9.17, 15) is 10.2 Å². The first-order chi connectivity index (χ1) is 23.7. The quantitative estimate of drug-likeness (QED) is 0.0958. The molecule has 4 aromatic carbocycles. The Balaban J connectivity index is 2.14. The number of benzene rings is 4. The van der Waals surface area contributed by atoms with Gasteiger partial charge in [-0.1, -0.05) is 122 Å². The summed E-state index contributed by atoms with van der Waals surface area (Å²) in [7, 11) is 0. The minimum absolute atomic E-state index is 0.0526. The van der Waals surface area contributed by atoms with Gasteiger partial charge < -0.3 is 19.7 Å². The van der Waals surface area contributed by atoms with Crippen LogP contribution in [0.2, 0.25) is 5.02 Å². The van der Waals surface area contributed by atoms with Gasteiger partial charge in [0, 0.05) is 27.9 Å². The van der Waals surface area contributed by atoms with Gasteiger partial charge in [0.15, 0.2) is 0 Å². The number of halogens is 1. The number of aliphatic hydroxyl groups is 1. The molecule has 0 unspecified atom stereocenters. The van der Waals surface area contributed by atoms with E-state index in [1.165, 1.54) is 0 Å². The Labute approximate surface area is 305 Å². The van der Waals surface area contributed by atoms with E-state index in [0.29, 0.717) is 52.8 Å². The lowest BCUT2D eigenvalue weighted by Crippen LogP contribution is -2.42. The van der Waals surface area contributed by atoms with Crippen LogP contribution in [0.3, 0.4) is 0 Å². The van der Waals surface area contributed by atoms with E-state index in [1.807, 2.05) is 42.5 Å². The molecule has 5 nitrogen and oxygen atoms in total. The minimum Gasteiger partial charge on any atom is -0.507 e. The van der Waals surface area contributed by atoms with Crippen LogP contribution in [0, 0.1) is 0 Å². The molecule has 4 aromatic rings. The predicted octanol–water partition coefficient (Wildman–Crippen LogP) is 11.0. The third-order valence-corrected chi connectivity index (χ3v) is 9.40. The fourth-order valence-corrected chi connectivity index (χ4v) is 6.12. The number of phenols is 1. The fourth-order valence-electron chi connectivity index (χ4n) is 5.94. The van der Waals surface area contributed by atoms with Gasteiger partial charge in [0.05, 0.1) is 19.3 Å². The summed E-state index contributed by atoms with van der Waals surface area (Å²) < 4.78 is 13.1. The highest BCUT2D eigenvalue weighted by Gasteiger charge is 2.45. The molecule has 0 heterocycles. The molecule has 0 radical (unpaired) electrons. The summed E-state index contributed by atoms with van der Waals surface area (Å²) in [5.74, 6) is 1.26. The van der Waals surface area contributed by atoms with E-state index >= 15 is 0 Å². The average molecular weight is 698 g/mol. The molecule has 4 rings (SSSR count). The van der Waals surface area contributed by atoms with Gasteiger partial charge in [0.1, 0.15) is 22.8 Å². The standard InChI is InChI=1S/C44H56ClNO4/c1-9-11-24-49-39-22-18-33(42(3,4)5)28-36(39)44(48,37-29-34(43(6,7)8)19-23-40(37)50-25-12-10-2)41(26-31-16-14-13-15-17-31)46-30-32-27-35(45)20-21-38(32)47/h13-23,27-30,41,47-48H,9-12,24-26H2,1-8H3/t41-/m1/s1. The van der Waals surface area contributed by atoms with Crippen molar-refractivity contribution in [3.05, 3.63) is 123 Å². The van der Waals surface area contributed by atoms with Gasteiger partial charge in [0.2, 0.25) is 0 Å². The number of aromatic hydroxyl groups is 1. The van der Waals surface area contributed by atoms with Crippen LogP contribution >= 0.6 is 11.6 Å². The second-order valence-electron chi connectivity index (χ2n) is 15.3. The zero-order valence-corrected chi connectivity index (χ0v) is 32.0. The Hall–Kier alpha value is -3.80. The van der Waals surface area contributed by atoms with Gasteiger partial charge in [-0.15, -0.1) is 0 Å². The molecule has 50 heavy (non-hydrogen) atoms. The highest BCUT2D eigenvalue weighted by atomic mass is 35.5. The van der Waals surface area contributed by atoms with Gasteiger partial charge in [0.25, 0.3) is 0 Å². The molecule has 0 aliphatic rings. The molecular weight excluding hydrogens is 642 g/mol. The smallest absolute Gasteiger partial charge is 0.144 e. The summed E-state index contributed by atoms with van der Waals surface area (Å²) in [4.78, 5) is 5.17. The topological polar surface area (TPSA) is 71.3 Å². The number of nitrogens with zero attached hydrogens (tertiary/aromatic N) is 1. The van der Waals surface area contributed by atoms with Crippen LogP contribution in [0.4, 0.5) is 0 Å². The van der Waals surface area contributed by atoms with Crippen molar-refractivity contribution in [2.24, 2.45) is 4.99 Å². The van der Waals surface area contributed by atoms with Gasteiger partial charge in [-0.2, -0.15) is 0 Å². The molecule has 1 atom stereocenters. The maximum absolute atomic E-state index is 14.0. The van der Waals surface area contributed by atoms with Crippen molar-refractivity contribution in [3.8, 4) is 17.2 Å². The average Bonchev–Trinajstić information content (AvgIpc) is 3.07. The van der Waals surface area contributed by atoms with Crippen molar-refractivity contribution >= 4 is 17.8 Å². The first-order valence-corrected chi connectivity index (χ1v) is 18.4. The van der Waals surface area contributed by atoms with Crippen molar-refractivity contribution in [2.75, 3.05) is 13.2 Å². The van der Waals surface area contributed by atoms with Crippen molar-refractivity contribution in [1.82, 2.24) is 0 Å². The van der Waals surface area contributed by atoms with Crippen LogP contribution < -0.4 is 9.47 Å². The second-order valence-corrected chi connectivity index (χ2v) is 15.7. The molecule has 0 saturated heterocycles. The summed E-state index contributed by atoms with van der Waals surface area (Å²) in [6.07, 6.45) is 5.72. The molecule has 0 aliphatic heterocycles. The highest BCUT2D eigenvalue weighted by Crippen LogP contribution is 2.47. The normalized spacial score (nSPS) is 13.1. The van der Waals surface area contributed by atoms with E-state index in [4.69, 9.17) is 26.1 Å². The molecule has 0 amide bonds. The summed E-state index contributed by atoms with van der Waals surface area (Å²) in [6.45, 7) is 18.3. The summed E-state index contributed by atoms with van der Waals surface area (Å²) in [6, 6.07) is 26.5. The van der Waals surface area contributed by atoms with Gasteiger partial charge >= 0.3 is 0 Å². The number of unbranched alkanes of at least 4 members (excludes halogenated alkanes) is 2. The van der Waals surface area contributed by atoms with Crippen molar-refractivity contribution in [3.63, 3.8) is 0 Å². The van der Waals surface area contributed by atoms with Gasteiger partial charge in [-0.05, 0) is 89.2 Å². The van der Waals surface area contributed by atoms with E-state index < -0.39 is 11.6 Å². The van der Waals surface area contributed by atoms with E-state index in [0.717, 1.165) is 42.4 Å². The van der Waals surface area contributed by atoms with Crippen molar-refractivity contribution in [1.29, 1.82) is 0 Å². The van der Waals surface area contributed by atoms with Crippen molar-refractivity contribution in [2.45, 2.75) is 110 Å². The van der Waals surface area contributed by atoms with Crippen molar-refractivity contribution < 1.29 is 19.7 Å². The van der Waals surface area contributed by atoms with Crippen LogP contribution in [-0.4, -0.2) is 35.7 Å². The first-order valence-electron chi connectivity index (χ1n) is 18.0. The number of hydrogen-bond acceptors (Lipinski definition) is 5. The van der Waals surface area contributed by atoms with E-state index in [1.54, 1.807) is 24.4 Å². The number of phenolic OH excluding ortho intramolecular Hbond substituents is 1. The van der Waals surface area contributed by atoms with Crippen LogP contribution in [0.25, 0.3) is 0 Å². The lowest BCUT2D eigenvalue weighted by atomic mass is 9.73. The molecular formula is C44H56ClNO4. The Morgan fingerprint density at radius 1 is 0.720 bits per heavy atom. The minimum atomic E-state index is -1.74. The second kappa shape index (κ2) is 16.9. The van der Waals surface area contributed by atoms with Crippen LogP contribution in [0.5, 0.6) is 17.2 Å². The highest BCUT2D eigenvalue weighted by molar-refractivity contribution is 6.30. The molecule has 0 saturated carbocycles. The predicted molar refractivity (Wildman–Crippen MR) is 209 cm³/mol. The van der Waals surface area contributed by atoms with E-state index in [2.05, 4.69) is 79.7 Å². The maximum atomic E-state index is 14.0. The summed E-state index contributed by atoms with van der Waals surface area (Å²) in [5, 5.41) is 25.3. The Morgan fingerprint density at radius 3 is 1.72 bits per heavy atom. The summed E-state index contributed by atoms with van der Waals surface area (Å²) in [5.41, 5.74) is 2.67. The first kappa shape index (κ1) is 39.0. The number of hydrogen-bond donors (Lipinski definition) is 2. The molecule has 0 aromatic heterocycles. The third-order valence-electron chi connectivity index (χ3n) is 9.16. The molecule has 0 spiro atoms. The number of aliphatic imine (C=N–C) groups is 1. The Kier molecular flexibility index (Phi) is 13.2. The van der Waals surface area contributed by atoms with Crippen LogP contribution in [-0.2, 0) is 22.9 Å². The summed E-state index contributed by atoms with van der Waals surface area (Å²) >= 11 is 6.37. The zero-order valence-electron chi connectivity index (χ0n) is 31.2. The fraction of sp³-hybridized carbons (Fsp3) is 0.432. The van der Waals surface area contributed by atoms with Gasteiger partial charge in [-0.3, -0.25) is 4.99 Å². The molecule has 6 heteroatoms. The maximum Gasteiger partial charge on any atom is 0.144 e. The Bertz CT molecular complexity index is 1650.